The largest absolute Gasteiger partial charge is 0.485 e. The number of nitrogens with zero attached hydrogens (tertiary/aromatic N) is 3. The molecule has 2 aromatic heterocycles. The molecule has 35 heavy (non-hydrogen) atoms. The van der Waals surface area contributed by atoms with Crippen LogP contribution in [0.4, 0.5) is 11.5 Å². The zero-order valence-corrected chi connectivity index (χ0v) is 19.1. The zero-order valence-electron chi connectivity index (χ0n) is 18.3. The Bertz CT molecular complexity index is 1520. The van der Waals surface area contributed by atoms with Crippen molar-refractivity contribution in [3.8, 4) is 5.75 Å². The first kappa shape index (κ1) is 22.2. The molecule has 0 spiro atoms. The molecule has 4 aromatic rings. The van der Waals surface area contributed by atoms with Crippen LogP contribution in [0.25, 0.3) is 0 Å². The highest BCUT2D eigenvalue weighted by Gasteiger charge is 2.28. The van der Waals surface area contributed by atoms with E-state index in [0.717, 1.165) is 5.56 Å². The summed E-state index contributed by atoms with van der Waals surface area (Å²) in [6.45, 7) is 0.306. The van der Waals surface area contributed by atoms with Gasteiger partial charge in [0.25, 0.3) is 15.9 Å². The molecule has 0 radical (unpaired) electrons. The Morgan fingerprint density at radius 1 is 0.886 bits per heavy atom. The number of carbonyl (C=O) groups is 1. The fraction of sp³-hybridized carbons (Fsp3) is 0.0400. The Hall–Kier alpha value is -4.57. The highest BCUT2D eigenvalue weighted by Crippen LogP contribution is 2.27. The molecule has 2 aromatic carbocycles. The molecule has 0 fully saturated rings. The van der Waals surface area contributed by atoms with E-state index in [9.17, 15) is 13.2 Å². The predicted molar refractivity (Wildman–Crippen MR) is 131 cm³/mol. The van der Waals surface area contributed by atoms with Gasteiger partial charge in [-0.25, -0.2) is 4.98 Å². The summed E-state index contributed by atoms with van der Waals surface area (Å²) in [5.41, 5.74) is 2.42. The van der Waals surface area contributed by atoms with E-state index >= 15 is 0 Å². The second-order valence-corrected chi connectivity index (χ2v) is 9.13. The number of hydrogen-bond donors (Lipinski definition) is 2. The molecule has 0 saturated carbocycles. The number of pyridine rings is 2. The van der Waals surface area contributed by atoms with E-state index < -0.39 is 10.0 Å². The summed E-state index contributed by atoms with van der Waals surface area (Å²) in [5.74, 6) is 0.614. The molecule has 5 rings (SSSR count). The monoisotopic (exact) mass is 485 g/mol. The fourth-order valence-corrected chi connectivity index (χ4v) is 4.63. The number of amides is 1. The maximum atomic E-state index is 12.8. The van der Waals surface area contributed by atoms with Gasteiger partial charge in [-0.3, -0.25) is 9.78 Å². The Morgan fingerprint density at radius 3 is 2.46 bits per heavy atom. The van der Waals surface area contributed by atoms with Gasteiger partial charge in [-0.05, 0) is 66.2 Å². The van der Waals surface area contributed by atoms with E-state index in [0.29, 0.717) is 35.0 Å². The molecule has 1 aliphatic rings. The standard InChI is InChI=1S/C25H19N5O4S/c31-25(29-24-21(5-3-13-27-24)34-16-17-11-14-26-15-12-17)18-7-9-19(10-8-18)28-23-20-4-1-2-6-22(20)35(32,33)30-23/h1-15H,16H2,(H,28,30)(H,27,29,31). The Morgan fingerprint density at radius 2 is 1.66 bits per heavy atom. The van der Waals surface area contributed by atoms with Gasteiger partial charge in [0.1, 0.15) is 11.5 Å². The second-order valence-electron chi connectivity index (χ2n) is 7.56. The van der Waals surface area contributed by atoms with Crippen LogP contribution in [-0.2, 0) is 16.6 Å². The van der Waals surface area contributed by atoms with Gasteiger partial charge in [-0.15, -0.1) is 4.40 Å². The third kappa shape index (κ3) is 4.87. The van der Waals surface area contributed by atoms with E-state index in [4.69, 9.17) is 4.74 Å². The number of fused-ring (bicyclic) bond motifs is 1. The van der Waals surface area contributed by atoms with Gasteiger partial charge in [-0.1, -0.05) is 12.1 Å². The van der Waals surface area contributed by atoms with E-state index in [2.05, 4.69) is 25.0 Å². The zero-order chi connectivity index (χ0) is 24.3. The minimum atomic E-state index is -3.72. The lowest BCUT2D eigenvalue weighted by molar-refractivity contribution is 0.102. The molecule has 2 N–H and O–H groups in total. The number of rotatable bonds is 6. The van der Waals surface area contributed by atoms with Gasteiger partial charge >= 0.3 is 0 Å². The maximum Gasteiger partial charge on any atom is 0.285 e. The summed E-state index contributed by atoms with van der Waals surface area (Å²) in [6.07, 6.45) is 4.93. The number of nitrogens with one attached hydrogen (secondary N) is 2. The molecule has 0 bridgehead atoms. The van der Waals surface area contributed by atoms with Gasteiger partial charge in [0, 0.05) is 35.4 Å². The van der Waals surface area contributed by atoms with Crippen molar-refractivity contribution >= 4 is 33.3 Å². The van der Waals surface area contributed by atoms with E-state index in [1.165, 1.54) is 6.07 Å². The van der Waals surface area contributed by atoms with Crippen LogP contribution in [0.3, 0.4) is 0 Å². The van der Waals surface area contributed by atoms with Crippen molar-refractivity contribution in [2.75, 3.05) is 10.6 Å². The second kappa shape index (κ2) is 9.35. The summed E-state index contributed by atoms with van der Waals surface area (Å²) in [4.78, 5) is 21.2. The van der Waals surface area contributed by atoms with Crippen molar-refractivity contribution in [3.05, 3.63) is 108 Å². The molecule has 10 heteroatoms. The van der Waals surface area contributed by atoms with Crippen LogP contribution in [-0.4, -0.2) is 30.1 Å². The topological polar surface area (TPSA) is 123 Å². The highest BCUT2D eigenvalue weighted by molar-refractivity contribution is 7.90. The number of hydrogen-bond acceptors (Lipinski definition) is 7. The molecule has 174 valence electrons. The lowest BCUT2D eigenvalue weighted by Crippen LogP contribution is -2.15. The van der Waals surface area contributed by atoms with Gasteiger partial charge < -0.3 is 15.4 Å². The fourth-order valence-electron chi connectivity index (χ4n) is 3.46. The predicted octanol–water partition coefficient (Wildman–Crippen LogP) is 3.87. The van der Waals surface area contributed by atoms with Crippen molar-refractivity contribution in [1.82, 2.24) is 9.97 Å². The SMILES string of the molecule is O=C(Nc1ncccc1OCc1ccncc1)c1ccc(NC2=NS(=O)(=O)c3ccccc32)cc1. The van der Waals surface area contributed by atoms with Crippen molar-refractivity contribution in [1.29, 1.82) is 0 Å². The molecule has 0 atom stereocenters. The third-order valence-electron chi connectivity index (χ3n) is 5.19. The normalized spacial score (nSPS) is 13.4. The molecular formula is C25H19N5O4S. The number of amidine groups is 1. The molecule has 0 unspecified atom stereocenters. The minimum absolute atomic E-state index is 0.163. The molecule has 0 saturated heterocycles. The first-order chi connectivity index (χ1) is 17.0. The number of benzene rings is 2. The Kier molecular flexibility index (Phi) is 5.94. The Balaban J connectivity index is 1.27. The summed E-state index contributed by atoms with van der Waals surface area (Å²) in [6, 6.07) is 20.3. The summed E-state index contributed by atoms with van der Waals surface area (Å²) >= 11 is 0. The van der Waals surface area contributed by atoms with Gasteiger partial charge in [0.05, 0.1) is 0 Å². The van der Waals surface area contributed by atoms with Gasteiger partial charge in [0.15, 0.2) is 17.4 Å². The molecule has 3 heterocycles. The van der Waals surface area contributed by atoms with E-state index in [-0.39, 0.29) is 16.6 Å². The molecule has 1 amide bonds. The molecular weight excluding hydrogens is 466 g/mol. The Labute approximate surface area is 201 Å². The van der Waals surface area contributed by atoms with Crippen molar-refractivity contribution < 1.29 is 17.9 Å². The van der Waals surface area contributed by atoms with Crippen LogP contribution < -0.4 is 15.4 Å². The lowest BCUT2D eigenvalue weighted by atomic mass is 10.1. The average molecular weight is 486 g/mol. The summed E-state index contributed by atoms with van der Waals surface area (Å²) < 4.78 is 34.1. The lowest BCUT2D eigenvalue weighted by Gasteiger charge is -2.12. The summed E-state index contributed by atoms with van der Waals surface area (Å²) in [7, 11) is -3.72. The third-order valence-corrected chi connectivity index (χ3v) is 6.52. The van der Waals surface area contributed by atoms with Crippen LogP contribution in [0.2, 0.25) is 0 Å². The maximum absolute atomic E-state index is 12.8. The number of anilines is 2. The first-order valence-corrected chi connectivity index (χ1v) is 12.0. The number of ether oxygens (including phenoxy) is 1. The van der Waals surface area contributed by atoms with Crippen molar-refractivity contribution in [3.63, 3.8) is 0 Å². The van der Waals surface area contributed by atoms with E-state index in [1.807, 2.05) is 12.1 Å². The minimum Gasteiger partial charge on any atom is -0.485 e. The molecule has 9 nitrogen and oxygen atoms in total. The van der Waals surface area contributed by atoms with Crippen molar-refractivity contribution in [2.45, 2.75) is 11.5 Å². The van der Waals surface area contributed by atoms with Gasteiger partial charge in [-0.2, -0.15) is 8.42 Å². The van der Waals surface area contributed by atoms with Crippen molar-refractivity contribution in [2.24, 2.45) is 4.40 Å². The van der Waals surface area contributed by atoms with Crippen LogP contribution >= 0.6 is 0 Å². The quantitative estimate of drug-likeness (QED) is 0.425. The van der Waals surface area contributed by atoms with Crippen LogP contribution in [0.15, 0.2) is 101 Å². The number of carbonyl (C=O) groups excluding carboxylic acids is 1. The molecule has 0 aliphatic carbocycles. The summed E-state index contributed by atoms with van der Waals surface area (Å²) in [5, 5.41) is 5.78. The number of sulfonamides is 1. The van der Waals surface area contributed by atoms with Crippen LogP contribution in [0.1, 0.15) is 21.5 Å². The smallest absolute Gasteiger partial charge is 0.285 e. The molecule has 1 aliphatic heterocycles. The first-order valence-electron chi connectivity index (χ1n) is 10.6. The van der Waals surface area contributed by atoms with Crippen LogP contribution in [0.5, 0.6) is 5.75 Å². The van der Waals surface area contributed by atoms with E-state index in [1.54, 1.807) is 73.2 Å². The van der Waals surface area contributed by atoms with Gasteiger partial charge in [0.2, 0.25) is 0 Å². The number of aromatic nitrogens is 2. The highest BCUT2D eigenvalue weighted by atomic mass is 32.2. The average Bonchev–Trinajstić information content (AvgIpc) is 3.14. The van der Waals surface area contributed by atoms with Crippen LogP contribution in [0, 0.1) is 0 Å².